The lowest BCUT2D eigenvalue weighted by Crippen LogP contribution is -2.36. The van der Waals surface area contributed by atoms with E-state index in [4.69, 9.17) is 4.74 Å². The van der Waals surface area contributed by atoms with Crippen LogP contribution in [0.1, 0.15) is 15.9 Å². The fourth-order valence-electron chi connectivity index (χ4n) is 4.66. The lowest BCUT2D eigenvalue weighted by Gasteiger charge is -2.27. The summed E-state index contributed by atoms with van der Waals surface area (Å²) in [6.07, 6.45) is 5.34. The highest BCUT2D eigenvalue weighted by atomic mass is 16.5. The first-order valence-corrected chi connectivity index (χ1v) is 12.8. The number of carbonyl (C=O) groups excluding carboxylic acids is 1. The van der Waals surface area contributed by atoms with Gasteiger partial charge in [0, 0.05) is 43.1 Å². The van der Waals surface area contributed by atoms with Gasteiger partial charge in [0.15, 0.2) is 0 Å². The second kappa shape index (κ2) is 10.5. The van der Waals surface area contributed by atoms with Gasteiger partial charge in [-0.25, -0.2) is 14.6 Å². The van der Waals surface area contributed by atoms with Crippen molar-refractivity contribution in [3.8, 4) is 28.5 Å². The van der Waals surface area contributed by atoms with Gasteiger partial charge in [-0.2, -0.15) is 0 Å². The van der Waals surface area contributed by atoms with Crippen molar-refractivity contribution in [2.45, 2.75) is 6.92 Å². The number of aryl methyl sites for hydroxylation is 1. The number of hydrogen-bond acceptors (Lipinski definition) is 7. The molecule has 0 bridgehead atoms. The molecule has 2 aromatic carbocycles. The quantitative estimate of drug-likeness (QED) is 0.359. The summed E-state index contributed by atoms with van der Waals surface area (Å²) in [5.41, 5.74) is 5.61. The second-order valence-corrected chi connectivity index (χ2v) is 9.40. The molecular formula is C29H28N8O2. The second-order valence-electron chi connectivity index (χ2n) is 9.40. The Morgan fingerprint density at radius 1 is 1.00 bits per heavy atom. The van der Waals surface area contributed by atoms with E-state index in [9.17, 15) is 4.79 Å². The highest BCUT2D eigenvalue weighted by Gasteiger charge is 2.17. The van der Waals surface area contributed by atoms with E-state index < -0.39 is 0 Å². The van der Waals surface area contributed by atoms with Crippen LogP contribution in [-0.2, 0) is 11.8 Å². The van der Waals surface area contributed by atoms with E-state index in [1.54, 1.807) is 23.1 Å². The molecule has 1 fully saturated rings. The van der Waals surface area contributed by atoms with Crippen molar-refractivity contribution in [3.63, 3.8) is 0 Å². The Morgan fingerprint density at radius 2 is 1.82 bits per heavy atom. The third-order valence-electron chi connectivity index (χ3n) is 6.83. The summed E-state index contributed by atoms with van der Waals surface area (Å²) in [6.45, 7) is 4.82. The zero-order chi connectivity index (χ0) is 26.8. The minimum atomic E-state index is -0.204. The Morgan fingerprint density at radius 3 is 2.64 bits per heavy atom. The third kappa shape index (κ3) is 5.01. The van der Waals surface area contributed by atoms with E-state index in [1.807, 2.05) is 79.3 Å². The average molecular weight is 521 g/mol. The monoisotopic (exact) mass is 520 g/mol. The minimum Gasteiger partial charge on any atom is -0.378 e. The van der Waals surface area contributed by atoms with Crippen LogP contribution in [0.5, 0.6) is 0 Å². The fourth-order valence-corrected chi connectivity index (χ4v) is 4.66. The highest BCUT2D eigenvalue weighted by molar-refractivity contribution is 6.04. The van der Waals surface area contributed by atoms with Crippen molar-refractivity contribution < 1.29 is 9.53 Å². The number of ether oxygens (including phenoxy) is 1. The van der Waals surface area contributed by atoms with Crippen molar-refractivity contribution in [1.29, 1.82) is 0 Å². The van der Waals surface area contributed by atoms with Gasteiger partial charge >= 0.3 is 0 Å². The van der Waals surface area contributed by atoms with E-state index in [0.717, 1.165) is 47.2 Å². The van der Waals surface area contributed by atoms with Crippen molar-refractivity contribution in [1.82, 2.24) is 29.5 Å². The van der Waals surface area contributed by atoms with Crippen LogP contribution in [0.4, 0.5) is 11.5 Å². The van der Waals surface area contributed by atoms with E-state index in [0.29, 0.717) is 30.2 Å². The zero-order valence-electron chi connectivity index (χ0n) is 21.8. The molecule has 3 aromatic heterocycles. The number of aromatic nitrogens is 6. The molecule has 0 saturated carbocycles. The van der Waals surface area contributed by atoms with Crippen LogP contribution in [0.3, 0.4) is 0 Å². The summed E-state index contributed by atoms with van der Waals surface area (Å²) in [5, 5.41) is 11.8. The minimum absolute atomic E-state index is 0.204. The molecular weight excluding hydrogens is 492 g/mol. The maximum absolute atomic E-state index is 13.1. The molecule has 10 heteroatoms. The molecule has 1 aliphatic rings. The molecule has 1 saturated heterocycles. The number of benzene rings is 2. The molecule has 1 N–H and O–H groups in total. The van der Waals surface area contributed by atoms with Gasteiger partial charge < -0.3 is 19.5 Å². The average Bonchev–Trinajstić information content (AvgIpc) is 3.62. The molecule has 0 radical (unpaired) electrons. The van der Waals surface area contributed by atoms with Gasteiger partial charge in [-0.15, -0.1) is 5.10 Å². The fraction of sp³-hybridized carbons (Fsp3) is 0.207. The zero-order valence-corrected chi connectivity index (χ0v) is 21.8. The number of rotatable bonds is 6. The maximum Gasteiger partial charge on any atom is 0.255 e. The van der Waals surface area contributed by atoms with Crippen LogP contribution in [0, 0.1) is 6.92 Å². The Kier molecular flexibility index (Phi) is 6.60. The van der Waals surface area contributed by atoms with E-state index in [-0.39, 0.29) is 5.91 Å². The summed E-state index contributed by atoms with van der Waals surface area (Å²) in [5.74, 6) is 1.43. The number of nitrogens with one attached hydrogen (secondary N) is 1. The number of amides is 1. The number of nitrogens with zero attached hydrogens (tertiary/aromatic N) is 7. The Hall–Kier alpha value is -4.83. The molecule has 1 aliphatic heterocycles. The van der Waals surface area contributed by atoms with E-state index >= 15 is 0 Å². The summed E-state index contributed by atoms with van der Waals surface area (Å²) < 4.78 is 9.15. The standard InChI is InChI=1S/C29H28N8O2/c1-20-8-9-23(32-29(38)22-10-11-30-27(16-22)36-12-14-39-15-13-36)17-25(20)37-19-24(33-34-37)26-18-31-28(35(26)2)21-6-4-3-5-7-21/h3-11,16-19H,12-15H2,1-2H3,(H,32,38). The van der Waals surface area contributed by atoms with Crippen LogP contribution in [0.2, 0.25) is 0 Å². The lowest BCUT2D eigenvalue weighted by molar-refractivity contribution is 0.102. The van der Waals surface area contributed by atoms with Gasteiger partial charge in [0.1, 0.15) is 17.3 Å². The molecule has 39 heavy (non-hydrogen) atoms. The summed E-state index contributed by atoms with van der Waals surface area (Å²) in [7, 11) is 1.97. The van der Waals surface area contributed by atoms with Crippen molar-refractivity contribution in [2.75, 3.05) is 36.5 Å². The van der Waals surface area contributed by atoms with Crippen LogP contribution >= 0.6 is 0 Å². The normalized spacial score (nSPS) is 13.4. The summed E-state index contributed by atoms with van der Waals surface area (Å²) >= 11 is 0. The molecule has 4 heterocycles. The molecule has 0 atom stereocenters. The van der Waals surface area contributed by atoms with Crippen LogP contribution < -0.4 is 10.2 Å². The summed E-state index contributed by atoms with van der Waals surface area (Å²) in [4.78, 5) is 24.3. The predicted molar refractivity (Wildman–Crippen MR) is 149 cm³/mol. The number of anilines is 2. The lowest BCUT2D eigenvalue weighted by atomic mass is 10.1. The van der Waals surface area contributed by atoms with Gasteiger partial charge in [-0.3, -0.25) is 4.79 Å². The topological polar surface area (TPSA) is 103 Å². The van der Waals surface area contributed by atoms with Crippen molar-refractivity contribution >= 4 is 17.4 Å². The van der Waals surface area contributed by atoms with Gasteiger partial charge in [-0.1, -0.05) is 41.6 Å². The summed E-state index contributed by atoms with van der Waals surface area (Å²) in [6, 6.07) is 19.3. The molecule has 5 aromatic rings. The van der Waals surface area contributed by atoms with Gasteiger partial charge in [-0.05, 0) is 36.8 Å². The Bertz CT molecular complexity index is 1620. The van der Waals surface area contributed by atoms with Crippen molar-refractivity contribution in [2.24, 2.45) is 7.05 Å². The van der Waals surface area contributed by atoms with E-state index in [1.165, 1.54) is 0 Å². The number of hydrogen-bond donors (Lipinski definition) is 1. The molecule has 0 aliphatic carbocycles. The molecule has 0 unspecified atom stereocenters. The number of imidazole rings is 1. The Balaban J connectivity index is 1.22. The maximum atomic E-state index is 13.1. The predicted octanol–water partition coefficient (Wildman–Crippen LogP) is 4.13. The number of carbonyl (C=O) groups is 1. The largest absolute Gasteiger partial charge is 0.378 e. The van der Waals surface area contributed by atoms with E-state index in [2.05, 4.69) is 30.5 Å². The Labute approximate surface area is 225 Å². The molecule has 0 spiro atoms. The first-order valence-electron chi connectivity index (χ1n) is 12.8. The first kappa shape index (κ1) is 24.5. The SMILES string of the molecule is Cc1ccc(NC(=O)c2ccnc(N3CCOCC3)c2)cc1-n1cc(-c2cnc(-c3ccccc3)n2C)nn1. The number of pyridine rings is 1. The van der Waals surface area contributed by atoms with Crippen LogP contribution in [-0.4, -0.2) is 61.7 Å². The van der Waals surface area contributed by atoms with Gasteiger partial charge in [0.05, 0.1) is 37.0 Å². The van der Waals surface area contributed by atoms with Crippen LogP contribution in [0.15, 0.2) is 79.3 Å². The van der Waals surface area contributed by atoms with Gasteiger partial charge in [0.2, 0.25) is 0 Å². The molecule has 1 amide bonds. The first-order chi connectivity index (χ1) is 19.1. The molecule has 6 rings (SSSR count). The third-order valence-corrected chi connectivity index (χ3v) is 6.83. The van der Waals surface area contributed by atoms with Crippen LogP contribution in [0.25, 0.3) is 28.5 Å². The molecule has 10 nitrogen and oxygen atoms in total. The molecule has 196 valence electrons. The highest BCUT2D eigenvalue weighted by Crippen LogP contribution is 2.26. The smallest absolute Gasteiger partial charge is 0.255 e. The van der Waals surface area contributed by atoms with Gasteiger partial charge in [0.25, 0.3) is 5.91 Å². The number of morpholine rings is 1. The van der Waals surface area contributed by atoms with Crippen molar-refractivity contribution in [3.05, 3.63) is 90.4 Å².